The number of aromatic nitrogens is 2. The molecule has 0 unspecified atom stereocenters. The van der Waals surface area contributed by atoms with Gasteiger partial charge in [-0.25, -0.2) is 9.37 Å². The van der Waals surface area contributed by atoms with Crippen molar-refractivity contribution < 1.29 is 13.9 Å². The van der Waals surface area contributed by atoms with Gasteiger partial charge < -0.3 is 9.30 Å². The van der Waals surface area contributed by atoms with Crippen molar-refractivity contribution in [2.24, 2.45) is 0 Å². The van der Waals surface area contributed by atoms with Crippen molar-refractivity contribution in [3.63, 3.8) is 0 Å². The molecule has 0 atom stereocenters. The van der Waals surface area contributed by atoms with E-state index in [9.17, 15) is 9.18 Å². The molecule has 3 rings (SSSR count). The zero-order valence-corrected chi connectivity index (χ0v) is 14.3. The summed E-state index contributed by atoms with van der Waals surface area (Å²) in [5, 5.41) is 0.793. The van der Waals surface area contributed by atoms with Gasteiger partial charge in [0.1, 0.15) is 0 Å². The number of Topliss-reactive ketones (excluding diaryl/α,β-unsaturated/α-hetero) is 1. The SMILES string of the molecule is CCn1c(SCC(=O)c2ccc(OC)c(F)c2)nc2ccccc21. The van der Waals surface area contributed by atoms with Gasteiger partial charge in [0.05, 0.1) is 23.9 Å². The highest BCUT2D eigenvalue weighted by Gasteiger charge is 2.14. The molecule has 4 nitrogen and oxygen atoms in total. The minimum Gasteiger partial charge on any atom is -0.494 e. The molecule has 0 radical (unpaired) electrons. The predicted octanol–water partition coefficient (Wildman–Crippen LogP) is 4.18. The van der Waals surface area contributed by atoms with Crippen LogP contribution in [-0.2, 0) is 6.54 Å². The number of benzene rings is 2. The molecule has 24 heavy (non-hydrogen) atoms. The van der Waals surface area contributed by atoms with Crippen molar-refractivity contribution in [2.45, 2.75) is 18.6 Å². The number of para-hydroxylation sites is 2. The fourth-order valence-electron chi connectivity index (χ4n) is 2.52. The minimum atomic E-state index is -0.533. The fraction of sp³-hybridized carbons (Fsp3) is 0.222. The van der Waals surface area contributed by atoms with Crippen LogP contribution < -0.4 is 4.74 Å². The summed E-state index contributed by atoms with van der Waals surface area (Å²) in [6, 6.07) is 12.1. The summed E-state index contributed by atoms with van der Waals surface area (Å²) >= 11 is 1.36. The second kappa shape index (κ2) is 7.05. The maximum absolute atomic E-state index is 13.7. The number of nitrogens with zero attached hydrogens (tertiary/aromatic N) is 2. The number of halogens is 1. The first kappa shape index (κ1) is 16.5. The maximum atomic E-state index is 13.7. The molecule has 1 heterocycles. The molecule has 0 bridgehead atoms. The summed E-state index contributed by atoms with van der Waals surface area (Å²) in [6.45, 7) is 2.81. The molecule has 0 N–H and O–H groups in total. The maximum Gasteiger partial charge on any atom is 0.173 e. The first-order valence-electron chi connectivity index (χ1n) is 7.58. The Morgan fingerprint density at radius 2 is 2.08 bits per heavy atom. The van der Waals surface area contributed by atoms with Crippen molar-refractivity contribution in [1.82, 2.24) is 9.55 Å². The first-order valence-corrected chi connectivity index (χ1v) is 8.57. The fourth-order valence-corrected chi connectivity index (χ4v) is 3.50. The van der Waals surface area contributed by atoms with Crippen LogP contribution in [0.4, 0.5) is 4.39 Å². The van der Waals surface area contributed by atoms with Gasteiger partial charge in [0.2, 0.25) is 0 Å². The Labute approximate surface area is 143 Å². The highest BCUT2D eigenvalue weighted by atomic mass is 32.2. The van der Waals surface area contributed by atoms with E-state index in [0.29, 0.717) is 5.56 Å². The number of aryl methyl sites for hydroxylation is 1. The van der Waals surface area contributed by atoms with E-state index < -0.39 is 5.82 Å². The van der Waals surface area contributed by atoms with E-state index in [0.717, 1.165) is 22.7 Å². The molecule has 0 amide bonds. The molecule has 0 saturated heterocycles. The third-order valence-electron chi connectivity index (χ3n) is 3.74. The third-order valence-corrected chi connectivity index (χ3v) is 4.72. The number of imidazole rings is 1. The molecule has 6 heteroatoms. The van der Waals surface area contributed by atoms with E-state index >= 15 is 0 Å². The second-order valence-electron chi connectivity index (χ2n) is 5.19. The van der Waals surface area contributed by atoms with Crippen LogP contribution in [0, 0.1) is 5.82 Å². The number of rotatable bonds is 6. The van der Waals surface area contributed by atoms with Gasteiger partial charge >= 0.3 is 0 Å². The molecule has 2 aromatic carbocycles. The smallest absolute Gasteiger partial charge is 0.173 e. The van der Waals surface area contributed by atoms with Crippen molar-refractivity contribution in [2.75, 3.05) is 12.9 Å². The number of ether oxygens (including phenoxy) is 1. The average Bonchev–Trinajstić information content (AvgIpc) is 2.97. The van der Waals surface area contributed by atoms with Gasteiger partial charge in [-0.05, 0) is 37.3 Å². The number of hydrogen-bond acceptors (Lipinski definition) is 4. The van der Waals surface area contributed by atoms with Crippen LogP contribution in [0.1, 0.15) is 17.3 Å². The van der Waals surface area contributed by atoms with Crippen molar-refractivity contribution in [3.05, 3.63) is 53.8 Å². The predicted molar refractivity (Wildman–Crippen MR) is 93.4 cm³/mol. The van der Waals surface area contributed by atoms with E-state index in [4.69, 9.17) is 4.74 Å². The molecule has 0 aliphatic carbocycles. The van der Waals surface area contributed by atoms with Crippen LogP contribution in [0.2, 0.25) is 0 Å². The quantitative estimate of drug-likeness (QED) is 0.497. The van der Waals surface area contributed by atoms with E-state index in [-0.39, 0.29) is 17.3 Å². The highest BCUT2D eigenvalue weighted by molar-refractivity contribution is 7.99. The van der Waals surface area contributed by atoms with Gasteiger partial charge in [-0.1, -0.05) is 23.9 Å². The zero-order valence-electron chi connectivity index (χ0n) is 13.5. The highest BCUT2D eigenvalue weighted by Crippen LogP contribution is 2.25. The molecule has 0 saturated carbocycles. The van der Waals surface area contributed by atoms with Crippen LogP contribution in [-0.4, -0.2) is 28.2 Å². The van der Waals surface area contributed by atoms with Gasteiger partial charge in [0, 0.05) is 12.1 Å². The Morgan fingerprint density at radius 3 is 2.79 bits per heavy atom. The molecular formula is C18H17FN2O2S. The van der Waals surface area contributed by atoms with Crippen molar-refractivity contribution >= 4 is 28.6 Å². The summed E-state index contributed by atoms with van der Waals surface area (Å²) in [5.74, 6) is -0.341. The second-order valence-corrected chi connectivity index (χ2v) is 6.13. The number of hydrogen-bond donors (Lipinski definition) is 0. The molecule has 0 aliphatic rings. The van der Waals surface area contributed by atoms with Gasteiger partial charge in [0.25, 0.3) is 0 Å². The summed E-state index contributed by atoms with van der Waals surface area (Å²) in [4.78, 5) is 16.9. The zero-order chi connectivity index (χ0) is 17.1. The molecule has 3 aromatic rings. The molecule has 0 fully saturated rings. The van der Waals surface area contributed by atoms with Gasteiger partial charge in [-0.3, -0.25) is 4.79 Å². The lowest BCUT2D eigenvalue weighted by atomic mass is 10.1. The lowest BCUT2D eigenvalue weighted by Crippen LogP contribution is -2.05. The van der Waals surface area contributed by atoms with Gasteiger partial charge in [-0.2, -0.15) is 0 Å². The molecule has 0 aliphatic heterocycles. The lowest BCUT2D eigenvalue weighted by molar-refractivity contribution is 0.102. The number of carbonyl (C=O) groups is 1. The van der Waals surface area contributed by atoms with Crippen LogP contribution in [0.25, 0.3) is 11.0 Å². The van der Waals surface area contributed by atoms with Crippen LogP contribution in [0.15, 0.2) is 47.6 Å². The summed E-state index contributed by atoms with van der Waals surface area (Å²) in [5.41, 5.74) is 2.29. The number of thioether (sulfide) groups is 1. The van der Waals surface area contributed by atoms with E-state index in [2.05, 4.69) is 9.55 Å². The summed E-state index contributed by atoms with van der Waals surface area (Å²) < 4.78 is 20.7. The average molecular weight is 344 g/mol. The number of carbonyl (C=O) groups excluding carboxylic acids is 1. The van der Waals surface area contributed by atoms with Crippen LogP contribution in [0.3, 0.4) is 0 Å². The molecule has 124 valence electrons. The third kappa shape index (κ3) is 3.14. The molecule has 1 aromatic heterocycles. The largest absolute Gasteiger partial charge is 0.494 e. The first-order chi connectivity index (χ1) is 11.6. The normalized spacial score (nSPS) is 11.0. The van der Waals surface area contributed by atoms with E-state index in [1.54, 1.807) is 6.07 Å². The summed E-state index contributed by atoms with van der Waals surface area (Å²) in [6.07, 6.45) is 0. The van der Waals surface area contributed by atoms with Crippen LogP contribution in [0.5, 0.6) is 5.75 Å². The Balaban J connectivity index is 1.78. The number of fused-ring (bicyclic) bond motifs is 1. The summed E-state index contributed by atoms with van der Waals surface area (Å²) in [7, 11) is 1.39. The van der Waals surface area contributed by atoms with Crippen LogP contribution >= 0.6 is 11.8 Å². The van der Waals surface area contributed by atoms with E-state index in [1.807, 2.05) is 31.2 Å². The monoisotopic (exact) mass is 344 g/mol. The Morgan fingerprint density at radius 1 is 1.29 bits per heavy atom. The van der Waals surface area contributed by atoms with Gasteiger partial charge in [-0.15, -0.1) is 0 Å². The molecular weight excluding hydrogens is 327 g/mol. The Hall–Kier alpha value is -2.34. The Bertz CT molecular complexity index is 892. The Kier molecular flexibility index (Phi) is 4.85. The van der Waals surface area contributed by atoms with E-state index in [1.165, 1.54) is 31.0 Å². The van der Waals surface area contributed by atoms with Crippen molar-refractivity contribution in [3.8, 4) is 5.75 Å². The topological polar surface area (TPSA) is 44.1 Å². The number of ketones is 1. The van der Waals surface area contributed by atoms with Crippen molar-refractivity contribution in [1.29, 1.82) is 0 Å². The molecule has 0 spiro atoms. The standard InChI is InChI=1S/C18H17FN2O2S/c1-3-21-15-7-5-4-6-14(15)20-18(21)24-11-16(22)12-8-9-17(23-2)13(19)10-12/h4-10H,3,11H2,1-2H3. The van der Waals surface area contributed by atoms with Gasteiger partial charge in [0.15, 0.2) is 22.5 Å². The number of methoxy groups -OCH3 is 1. The lowest BCUT2D eigenvalue weighted by Gasteiger charge is -2.06. The minimum absolute atomic E-state index is 0.131.